The van der Waals surface area contributed by atoms with Crippen LogP contribution in [0, 0.1) is 11.6 Å². The first-order valence-electron chi connectivity index (χ1n) is 6.56. The summed E-state index contributed by atoms with van der Waals surface area (Å²) in [5.74, 6) is -3.94. The number of halogens is 2. The lowest BCUT2D eigenvalue weighted by Crippen LogP contribution is -2.23. The highest BCUT2D eigenvalue weighted by Gasteiger charge is 2.23. The molecule has 0 radical (unpaired) electrons. The smallest absolute Gasteiger partial charge is 0.239 e. The third-order valence-electron chi connectivity index (χ3n) is 3.11. The molecule has 0 saturated carbocycles. The first-order chi connectivity index (χ1) is 11.4. The van der Waals surface area contributed by atoms with Gasteiger partial charge in [0.2, 0.25) is 5.91 Å². The molecule has 0 aliphatic heterocycles. The molecule has 3 rings (SSSR count). The third-order valence-corrected chi connectivity index (χ3v) is 5.29. The van der Waals surface area contributed by atoms with Crippen molar-refractivity contribution < 1.29 is 22.0 Å². The second-order valence-corrected chi connectivity index (χ2v) is 7.31. The van der Waals surface area contributed by atoms with Crippen molar-refractivity contribution in [1.29, 1.82) is 0 Å². The van der Waals surface area contributed by atoms with E-state index in [1.807, 2.05) is 0 Å². The van der Waals surface area contributed by atoms with Gasteiger partial charge in [0, 0.05) is 11.8 Å². The van der Waals surface area contributed by atoms with Gasteiger partial charge in [-0.1, -0.05) is 6.07 Å². The van der Waals surface area contributed by atoms with Crippen molar-refractivity contribution in [3.8, 4) is 0 Å². The summed E-state index contributed by atoms with van der Waals surface area (Å²) < 4.78 is 58.7. The number of fused-ring (bicyclic) bond motifs is 1. The van der Waals surface area contributed by atoms with E-state index in [4.69, 9.17) is 0 Å². The molecule has 10 heteroatoms. The number of nitrogens with zero attached hydrogens (tertiary/aromatic N) is 2. The minimum Gasteiger partial charge on any atom is -0.325 e. The summed E-state index contributed by atoms with van der Waals surface area (Å²) in [4.78, 5) is 11.8. The topological polar surface area (TPSA) is 89.0 Å². The maximum atomic E-state index is 13.1. The second kappa shape index (κ2) is 6.21. The number of amides is 1. The van der Waals surface area contributed by atoms with Gasteiger partial charge in [0.25, 0.3) is 0 Å². The first-order valence-corrected chi connectivity index (χ1v) is 8.94. The van der Waals surface area contributed by atoms with Gasteiger partial charge in [0.15, 0.2) is 21.5 Å². The zero-order valence-corrected chi connectivity index (χ0v) is 13.5. The second-order valence-electron chi connectivity index (χ2n) is 4.82. The molecule has 0 atom stereocenters. The van der Waals surface area contributed by atoms with Crippen LogP contribution in [0.25, 0.3) is 11.0 Å². The quantitative estimate of drug-likeness (QED) is 0.763. The fourth-order valence-corrected chi connectivity index (χ4v) is 3.96. The molecule has 0 spiro atoms. The van der Waals surface area contributed by atoms with E-state index in [2.05, 4.69) is 14.1 Å². The normalized spacial score (nSPS) is 11.6. The van der Waals surface area contributed by atoms with E-state index in [0.29, 0.717) is 5.52 Å². The molecule has 124 valence electrons. The van der Waals surface area contributed by atoms with E-state index >= 15 is 0 Å². The molecule has 0 aliphatic carbocycles. The third kappa shape index (κ3) is 3.24. The number of hydrogen-bond acceptors (Lipinski definition) is 6. The van der Waals surface area contributed by atoms with Gasteiger partial charge in [-0.25, -0.2) is 17.2 Å². The van der Waals surface area contributed by atoms with E-state index in [1.165, 1.54) is 12.1 Å². The minimum atomic E-state index is -3.97. The highest BCUT2D eigenvalue weighted by molar-refractivity contribution is 7.92. The molecule has 1 aromatic heterocycles. The molecule has 0 aliphatic rings. The van der Waals surface area contributed by atoms with Gasteiger partial charge in [-0.05, 0) is 24.3 Å². The van der Waals surface area contributed by atoms with E-state index < -0.39 is 33.1 Å². The van der Waals surface area contributed by atoms with Crippen LogP contribution >= 0.6 is 11.7 Å². The average molecular weight is 369 g/mol. The Morgan fingerprint density at radius 1 is 1.12 bits per heavy atom. The van der Waals surface area contributed by atoms with Crippen molar-refractivity contribution in [3.63, 3.8) is 0 Å². The van der Waals surface area contributed by atoms with Gasteiger partial charge in [-0.3, -0.25) is 4.79 Å². The Hall–Kier alpha value is -2.46. The molecule has 3 aromatic rings. The predicted molar refractivity (Wildman–Crippen MR) is 84.5 cm³/mol. The Balaban J connectivity index is 1.82. The summed E-state index contributed by atoms with van der Waals surface area (Å²) >= 11 is 0.865. The van der Waals surface area contributed by atoms with Crippen LogP contribution in [-0.4, -0.2) is 28.8 Å². The van der Waals surface area contributed by atoms with Crippen LogP contribution < -0.4 is 5.32 Å². The largest absolute Gasteiger partial charge is 0.325 e. The molecular formula is C14H9F2N3O3S2. The maximum Gasteiger partial charge on any atom is 0.239 e. The van der Waals surface area contributed by atoms with Gasteiger partial charge in [-0.2, -0.15) is 8.75 Å². The van der Waals surface area contributed by atoms with Crippen molar-refractivity contribution in [3.05, 3.63) is 48.0 Å². The molecule has 0 bridgehead atoms. The number of benzene rings is 2. The molecule has 1 N–H and O–H groups in total. The van der Waals surface area contributed by atoms with Crippen LogP contribution in [0.3, 0.4) is 0 Å². The van der Waals surface area contributed by atoms with Crippen LogP contribution in [0.5, 0.6) is 0 Å². The van der Waals surface area contributed by atoms with Crippen LogP contribution in [-0.2, 0) is 14.6 Å². The summed E-state index contributed by atoms with van der Waals surface area (Å²) in [6, 6.07) is 7.19. The van der Waals surface area contributed by atoms with Crippen molar-refractivity contribution in [2.75, 3.05) is 11.1 Å². The molecule has 1 amide bonds. The summed E-state index contributed by atoms with van der Waals surface area (Å²) in [6.07, 6.45) is 0. The number of sulfone groups is 1. The summed E-state index contributed by atoms with van der Waals surface area (Å²) in [7, 11) is -3.97. The monoisotopic (exact) mass is 369 g/mol. The number of aromatic nitrogens is 2. The predicted octanol–water partition coefficient (Wildman–Crippen LogP) is 2.38. The number of anilines is 1. The molecule has 1 heterocycles. The fraction of sp³-hybridized carbons (Fsp3) is 0.0714. The Morgan fingerprint density at radius 3 is 2.67 bits per heavy atom. The van der Waals surface area contributed by atoms with Gasteiger partial charge in [0.1, 0.15) is 16.8 Å². The summed E-state index contributed by atoms with van der Waals surface area (Å²) in [5.41, 5.74) is 0.577. The van der Waals surface area contributed by atoms with Gasteiger partial charge in [-0.15, -0.1) is 0 Å². The van der Waals surface area contributed by atoms with Gasteiger partial charge in [0.05, 0.1) is 16.6 Å². The lowest BCUT2D eigenvalue weighted by molar-refractivity contribution is -0.113. The van der Waals surface area contributed by atoms with Crippen molar-refractivity contribution in [2.24, 2.45) is 0 Å². The summed E-state index contributed by atoms with van der Waals surface area (Å²) in [5, 5.41) is 2.22. The van der Waals surface area contributed by atoms with Gasteiger partial charge >= 0.3 is 0 Å². The van der Waals surface area contributed by atoms with Crippen LogP contribution in [0.15, 0.2) is 41.3 Å². The van der Waals surface area contributed by atoms with E-state index in [9.17, 15) is 22.0 Å². The SMILES string of the molecule is O=C(CS(=O)(=O)c1cccc2nsnc12)Nc1ccc(F)c(F)c1. The van der Waals surface area contributed by atoms with E-state index in [1.54, 1.807) is 6.07 Å². The molecule has 0 fully saturated rings. The molecule has 2 aromatic carbocycles. The van der Waals surface area contributed by atoms with E-state index in [0.717, 1.165) is 29.9 Å². The molecule has 0 unspecified atom stereocenters. The number of carbonyl (C=O) groups is 1. The minimum absolute atomic E-state index is 0.0392. The van der Waals surface area contributed by atoms with Crippen LogP contribution in [0.4, 0.5) is 14.5 Å². The maximum absolute atomic E-state index is 13.1. The van der Waals surface area contributed by atoms with Crippen molar-refractivity contribution in [2.45, 2.75) is 4.90 Å². The molecule has 24 heavy (non-hydrogen) atoms. The Morgan fingerprint density at radius 2 is 1.92 bits per heavy atom. The molecule has 0 saturated heterocycles. The highest BCUT2D eigenvalue weighted by Crippen LogP contribution is 2.22. The summed E-state index contributed by atoms with van der Waals surface area (Å²) in [6.45, 7) is 0. The lowest BCUT2D eigenvalue weighted by atomic mass is 10.3. The molecule has 6 nitrogen and oxygen atoms in total. The van der Waals surface area contributed by atoms with Gasteiger partial charge < -0.3 is 5.32 Å². The number of rotatable bonds is 4. The van der Waals surface area contributed by atoms with Crippen LogP contribution in [0.2, 0.25) is 0 Å². The zero-order valence-electron chi connectivity index (χ0n) is 11.9. The Kier molecular flexibility index (Phi) is 4.24. The van der Waals surface area contributed by atoms with Crippen molar-refractivity contribution >= 4 is 44.2 Å². The van der Waals surface area contributed by atoms with Crippen molar-refractivity contribution in [1.82, 2.24) is 8.75 Å². The Bertz CT molecular complexity index is 1030. The average Bonchev–Trinajstić information content (AvgIpc) is 2.98. The first kappa shape index (κ1) is 16.4. The van der Waals surface area contributed by atoms with E-state index in [-0.39, 0.29) is 16.1 Å². The zero-order chi connectivity index (χ0) is 17.3. The lowest BCUT2D eigenvalue weighted by Gasteiger charge is -2.07. The Labute approximate surface area is 139 Å². The fourth-order valence-electron chi connectivity index (χ4n) is 2.05. The number of hydrogen-bond donors (Lipinski definition) is 1. The highest BCUT2D eigenvalue weighted by atomic mass is 32.2. The number of carbonyl (C=O) groups excluding carboxylic acids is 1. The number of nitrogens with one attached hydrogen (secondary N) is 1. The molecular weight excluding hydrogens is 360 g/mol. The standard InChI is InChI=1S/C14H9F2N3O3S2/c15-9-5-4-8(6-10(9)16)17-13(20)7-24(21,22)12-3-1-2-11-14(12)19-23-18-11/h1-6H,7H2,(H,17,20). The van der Waals surface area contributed by atoms with Crippen LogP contribution in [0.1, 0.15) is 0 Å².